The summed E-state index contributed by atoms with van der Waals surface area (Å²) in [7, 11) is 0. The largest absolute Gasteiger partial charge is 0.455 e. The van der Waals surface area contributed by atoms with E-state index in [-0.39, 0.29) is 11.6 Å². The standard InChI is InChI=1S/C20H23BrO2/c21-15-5-1-13(2-6-15)19(22)23-20-10-9-14(11-20)16-7-3-12-4-8-17(20)18(12)16/h1-2,5-6,12,14,16-18H,3-4,7-11H2/t12-,14+,16+,17-,18-,20+/m1/s1. The second-order valence-electron chi connectivity index (χ2n) is 8.23. The van der Waals surface area contributed by atoms with Crippen LogP contribution in [-0.4, -0.2) is 11.6 Å². The zero-order valence-electron chi connectivity index (χ0n) is 13.3. The molecule has 122 valence electrons. The van der Waals surface area contributed by atoms with E-state index in [9.17, 15) is 4.79 Å². The van der Waals surface area contributed by atoms with Gasteiger partial charge in [0, 0.05) is 10.4 Å². The number of ether oxygens (including phenoxy) is 1. The van der Waals surface area contributed by atoms with E-state index in [1.807, 2.05) is 24.3 Å². The first-order valence-corrected chi connectivity index (χ1v) is 9.94. The van der Waals surface area contributed by atoms with Gasteiger partial charge in [0.05, 0.1) is 5.56 Å². The van der Waals surface area contributed by atoms with E-state index in [0.29, 0.717) is 11.5 Å². The summed E-state index contributed by atoms with van der Waals surface area (Å²) in [6, 6.07) is 7.58. The van der Waals surface area contributed by atoms with Gasteiger partial charge in [0.2, 0.25) is 0 Å². The number of esters is 1. The highest BCUT2D eigenvalue weighted by Gasteiger charge is 2.63. The third-order valence-electron chi connectivity index (χ3n) is 7.43. The van der Waals surface area contributed by atoms with Crippen molar-refractivity contribution in [3.05, 3.63) is 34.3 Å². The average Bonchev–Trinajstić information content (AvgIpc) is 3.22. The van der Waals surface area contributed by atoms with Gasteiger partial charge < -0.3 is 4.74 Å². The van der Waals surface area contributed by atoms with Gasteiger partial charge in [0.15, 0.2) is 0 Å². The highest BCUT2D eigenvalue weighted by atomic mass is 79.9. The summed E-state index contributed by atoms with van der Waals surface area (Å²) in [5.74, 6) is 4.06. The molecule has 1 aromatic carbocycles. The van der Waals surface area contributed by atoms with Gasteiger partial charge >= 0.3 is 5.97 Å². The van der Waals surface area contributed by atoms with Crippen LogP contribution in [-0.2, 0) is 4.74 Å². The molecule has 0 N–H and O–H groups in total. The molecule has 1 aromatic rings. The van der Waals surface area contributed by atoms with Gasteiger partial charge in [0.25, 0.3) is 0 Å². The third kappa shape index (κ3) is 2.08. The monoisotopic (exact) mass is 374 g/mol. The molecular formula is C20H23BrO2. The molecule has 5 rings (SSSR count). The molecule has 4 aliphatic carbocycles. The minimum atomic E-state index is -0.144. The highest BCUT2D eigenvalue weighted by Crippen LogP contribution is 2.66. The third-order valence-corrected chi connectivity index (χ3v) is 7.95. The lowest BCUT2D eigenvalue weighted by molar-refractivity contribution is -0.0856. The molecule has 2 nitrogen and oxygen atoms in total. The molecule has 4 aliphatic rings. The van der Waals surface area contributed by atoms with E-state index < -0.39 is 0 Å². The van der Waals surface area contributed by atoms with Crippen molar-refractivity contribution >= 4 is 21.9 Å². The van der Waals surface area contributed by atoms with E-state index >= 15 is 0 Å². The highest BCUT2D eigenvalue weighted by molar-refractivity contribution is 9.10. The Hall–Kier alpha value is -0.830. The van der Waals surface area contributed by atoms with Crippen molar-refractivity contribution in [1.82, 2.24) is 0 Å². The van der Waals surface area contributed by atoms with Gasteiger partial charge in [-0.25, -0.2) is 4.79 Å². The van der Waals surface area contributed by atoms with Crippen LogP contribution in [0.15, 0.2) is 28.7 Å². The van der Waals surface area contributed by atoms with Crippen LogP contribution in [0.2, 0.25) is 0 Å². The fourth-order valence-electron chi connectivity index (χ4n) is 6.63. The lowest BCUT2D eigenvalue weighted by Crippen LogP contribution is -2.47. The van der Waals surface area contributed by atoms with Crippen molar-refractivity contribution in [2.24, 2.45) is 29.6 Å². The van der Waals surface area contributed by atoms with Crippen LogP contribution in [0.1, 0.15) is 55.3 Å². The van der Waals surface area contributed by atoms with E-state index in [2.05, 4.69) is 15.9 Å². The van der Waals surface area contributed by atoms with Crippen molar-refractivity contribution in [3.8, 4) is 0 Å². The second-order valence-corrected chi connectivity index (χ2v) is 9.14. The van der Waals surface area contributed by atoms with Crippen LogP contribution in [0.4, 0.5) is 0 Å². The zero-order chi connectivity index (χ0) is 15.6. The maximum Gasteiger partial charge on any atom is 0.338 e. The number of halogens is 1. The van der Waals surface area contributed by atoms with Gasteiger partial charge in [-0.1, -0.05) is 15.9 Å². The summed E-state index contributed by atoms with van der Waals surface area (Å²) in [4.78, 5) is 12.7. The van der Waals surface area contributed by atoms with Gasteiger partial charge in [-0.05, 0) is 92.9 Å². The normalized spacial score (nSPS) is 43.4. The number of hydrogen-bond donors (Lipinski definition) is 0. The van der Waals surface area contributed by atoms with E-state index in [1.54, 1.807) is 0 Å². The summed E-state index contributed by atoms with van der Waals surface area (Å²) < 4.78 is 7.28. The summed E-state index contributed by atoms with van der Waals surface area (Å²) >= 11 is 3.43. The molecule has 0 saturated heterocycles. The topological polar surface area (TPSA) is 26.3 Å². The zero-order valence-corrected chi connectivity index (χ0v) is 14.9. The lowest BCUT2D eigenvalue weighted by Gasteiger charge is -2.45. The molecule has 23 heavy (non-hydrogen) atoms. The fourth-order valence-corrected chi connectivity index (χ4v) is 6.90. The van der Waals surface area contributed by atoms with Gasteiger partial charge in [-0.2, -0.15) is 0 Å². The molecule has 3 heteroatoms. The Bertz CT molecular complexity index is 640. The predicted octanol–water partition coefficient (Wildman–Crippen LogP) is 5.21. The minimum Gasteiger partial charge on any atom is -0.455 e. The number of carbonyl (C=O) groups is 1. The molecule has 4 fully saturated rings. The summed E-state index contributed by atoms with van der Waals surface area (Å²) in [6.07, 6.45) is 9.03. The van der Waals surface area contributed by atoms with Crippen LogP contribution in [0.5, 0.6) is 0 Å². The number of rotatable bonds is 2. The number of hydrogen-bond acceptors (Lipinski definition) is 2. The molecule has 0 amide bonds. The first-order chi connectivity index (χ1) is 11.2. The van der Waals surface area contributed by atoms with Crippen molar-refractivity contribution in [3.63, 3.8) is 0 Å². The van der Waals surface area contributed by atoms with Gasteiger partial charge in [-0.15, -0.1) is 0 Å². The van der Waals surface area contributed by atoms with Crippen LogP contribution in [0.25, 0.3) is 0 Å². The summed E-state index contributed by atoms with van der Waals surface area (Å²) in [5, 5.41) is 0. The minimum absolute atomic E-state index is 0.113. The van der Waals surface area contributed by atoms with Crippen LogP contribution in [0.3, 0.4) is 0 Å². The Morgan fingerprint density at radius 1 is 1.04 bits per heavy atom. The second kappa shape index (κ2) is 5.08. The Morgan fingerprint density at radius 3 is 2.65 bits per heavy atom. The molecule has 2 bridgehead atoms. The number of carbonyl (C=O) groups excluding carboxylic acids is 1. The molecular weight excluding hydrogens is 352 g/mol. The smallest absolute Gasteiger partial charge is 0.338 e. The molecule has 6 atom stereocenters. The molecule has 4 saturated carbocycles. The summed E-state index contributed by atoms with van der Waals surface area (Å²) in [5.41, 5.74) is 0.545. The van der Waals surface area contributed by atoms with Crippen molar-refractivity contribution in [2.45, 2.75) is 50.5 Å². The first kappa shape index (κ1) is 14.5. The number of benzene rings is 1. The van der Waals surface area contributed by atoms with E-state index in [1.165, 1.54) is 32.1 Å². The van der Waals surface area contributed by atoms with Crippen molar-refractivity contribution < 1.29 is 9.53 Å². The molecule has 0 spiro atoms. The molecule has 0 aromatic heterocycles. The SMILES string of the molecule is O=C(O[C@@]12CC[C@@H](C1)[C@@H]1CC[C@@H]3CC[C@@H]2[C@H]31)c1ccc(Br)cc1. The van der Waals surface area contributed by atoms with Gasteiger partial charge in [0.1, 0.15) is 5.60 Å². The van der Waals surface area contributed by atoms with Crippen LogP contribution in [0, 0.1) is 29.6 Å². The Kier molecular flexibility index (Phi) is 3.21. The summed E-state index contributed by atoms with van der Waals surface area (Å²) in [6.45, 7) is 0. The Morgan fingerprint density at radius 2 is 1.83 bits per heavy atom. The maximum absolute atomic E-state index is 12.7. The first-order valence-electron chi connectivity index (χ1n) is 9.15. The molecule has 0 radical (unpaired) electrons. The lowest BCUT2D eigenvalue weighted by atomic mass is 9.66. The Balaban J connectivity index is 1.43. The molecule has 0 aliphatic heterocycles. The van der Waals surface area contributed by atoms with Crippen molar-refractivity contribution in [2.75, 3.05) is 0 Å². The maximum atomic E-state index is 12.7. The van der Waals surface area contributed by atoms with Crippen molar-refractivity contribution in [1.29, 1.82) is 0 Å². The average molecular weight is 375 g/mol. The van der Waals surface area contributed by atoms with E-state index in [0.717, 1.165) is 41.0 Å². The quantitative estimate of drug-likeness (QED) is 0.664. The van der Waals surface area contributed by atoms with Crippen LogP contribution >= 0.6 is 15.9 Å². The van der Waals surface area contributed by atoms with E-state index in [4.69, 9.17) is 4.74 Å². The number of fused-ring (bicyclic) bond motifs is 4. The molecule has 0 unspecified atom stereocenters. The van der Waals surface area contributed by atoms with Crippen LogP contribution < -0.4 is 0 Å². The Labute approximate surface area is 146 Å². The fraction of sp³-hybridized carbons (Fsp3) is 0.650. The predicted molar refractivity (Wildman–Crippen MR) is 92.1 cm³/mol. The van der Waals surface area contributed by atoms with Gasteiger partial charge in [-0.3, -0.25) is 0 Å². The molecule has 0 heterocycles.